The molecule has 0 saturated heterocycles. The second kappa shape index (κ2) is 11.1. The summed E-state index contributed by atoms with van der Waals surface area (Å²) in [5.41, 5.74) is 0.954. The summed E-state index contributed by atoms with van der Waals surface area (Å²) in [6, 6.07) is 18.7. The number of halogens is 1. The van der Waals surface area contributed by atoms with Crippen LogP contribution in [-0.4, -0.2) is 42.2 Å². The van der Waals surface area contributed by atoms with E-state index in [1.165, 1.54) is 24.3 Å². The molecule has 0 aliphatic carbocycles. The molecule has 3 aromatic carbocycles. The Morgan fingerprint density at radius 3 is 2.11 bits per heavy atom. The summed E-state index contributed by atoms with van der Waals surface area (Å²) in [6.07, 6.45) is 1.00. The van der Waals surface area contributed by atoms with Crippen LogP contribution in [0.1, 0.15) is 6.92 Å². The number of sulfonamides is 2. The molecule has 0 saturated carbocycles. The molecule has 1 amide bonds. The monoisotopic (exact) mass is 581 g/mol. The molecule has 0 unspecified atom stereocenters. The second-order valence-electron chi connectivity index (χ2n) is 7.36. The SMILES string of the molecule is CCOc1ccccc1N(CC(=O)Nc1ccc(S(=O)(=O)Nc2ccc(Br)cc2)cc1)S(C)(=O)=O. The van der Waals surface area contributed by atoms with E-state index in [2.05, 4.69) is 26.0 Å². The van der Waals surface area contributed by atoms with Gasteiger partial charge in [-0.25, -0.2) is 16.8 Å². The maximum atomic E-state index is 12.7. The highest BCUT2D eigenvalue weighted by Crippen LogP contribution is 2.30. The molecule has 9 nitrogen and oxygen atoms in total. The van der Waals surface area contributed by atoms with Crippen LogP contribution in [0, 0.1) is 0 Å². The summed E-state index contributed by atoms with van der Waals surface area (Å²) in [5.74, 6) is -0.272. The molecular formula is C23H24BrN3O6S2. The summed E-state index contributed by atoms with van der Waals surface area (Å²) < 4.78 is 59.8. The highest BCUT2D eigenvalue weighted by molar-refractivity contribution is 9.10. The smallest absolute Gasteiger partial charge is 0.261 e. The van der Waals surface area contributed by atoms with Crippen molar-refractivity contribution in [3.8, 4) is 5.75 Å². The molecule has 0 fully saturated rings. The standard InChI is InChI=1S/C23H24BrN3O6S2/c1-3-33-22-7-5-4-6-21(22)27(34(2,29)30)16-23(28)25-18-12-14-20(15-13-18)35(31,32)26-19-10-8-17(24)9-11-19/h4-15,26H,3,16H2,1-2H3,(H,25,28). The van der Waals surface area contributed by atoms with Gasteiger partial charge in [-0.15, -0.1) is 0 Å². The molecule has 3 aromatic rings. The van der Waals surface area contributed by atoms with Gasteiger partial charge in [0.05, 0.1) is 23.4 Å². The molecule has 0 bridgehead atoms. The first kappa shape index (κ1) is 26.5. The molecule has 0 radical (unpaired) electrons. The summed E-state index contributed by atoms with van der Waals surface area (Å²) in [6.45, 7) is 1.60. The predicted molar refractivity (Wildman–Crippen MR) is 140 cm³/mol. The Kier molecular flexibility index (Phi) is 8.41. The lowest BCUT2D eigenvalue weighted by molar-refractivity contribution is -0.114. The second-order valence-corrected chi connectivity index (χ2v) is 11.9. The number of hydrogen-bond acceptors (Lipinski definition) is 6. The Balaban J connectivity index is 1.73. The summed E-state index contributed by atoms with van der Waals surface area (Å²) in [4.78, 5) is 12.7. The Morgan fingerprint density at radius 2 is 1.51 bits per heavy atom. The zero-order chi connectivity index (χ0) is 25.6. The molecule has 0 aromatic heterocycles. The van der Waals surface area contributed by atoms with Crippen LogP contribution in [0.2, 0.25) is 0 Å². The maximum absolute atomic E-state index is 12.7. The van der Waals surface area contributed by atoms with E-state index in [1.807, 2.05) is 0 Å². The fourth-order valence-electron chi connectivity index (χ4n) is 3.10. The summed E-state index contributed by atoms with van der Waals surface area (Å²) in [7, 11) is -7.64. The van der Waals surface area contributed by atoms with Crippen LogP contribution in [0.15, 0.2) is 82.2 Å². The summed E-state index contributed by atoms with van der Waals surface area (Å²) in [5, 5.41) is 2.59. The number of amides is 1. The van der Waals surface area contributed by atoms with E-state index in [0.717, 1.165) is 15.0 Å². The molecule has 0 heterocycles. The fourth-order valence-corrected chi connectivity index (χ4v) is 5.29. The molecular weight excluding hydrogens is 558 g/mol. The molecule has 0 aliphatic heterocycles. The van der Waals surface area contributed by atoms with Gasteiger partial charge in [-0.05, 0) is 67.6 Å². The topological polar surface area (TPSA) is 122 Å². The van der Waals surface area contributed by atoms with Crippen LogP contribution in [0.25, 0.3) is 0 Å². The normalized spacial score (nSPS) is 11.5. The lowest BCUT2D eigenvalue weighted by Crippen LogP contribution is -2.37. The van der Waals surface area contributed by atoms with Crippen LogP contribution in [0.3, 0.4) is 0 Å². The van der Waals surface area contributed by atoms with Crippen molar-refractivity contribution >= 4 is 58.9 Å². The molecule has 186 valence electrons. The van der Waals surface area contributed by atoms with Crippen LogP contribution < -0.4 is 19.1 Å². The molecule has 12 heteroatoms. The number of anilines is 3. The van der Waals surface area contributed by atoms with Gasteiger partial charge in [0.15, 0.2) is 0 Å². The van der Waals surface area contributed by atoms with Crippen molar-refractivity contribution in [2.45, 2.75) is 11.8 Å². The number of carbonyl (C=O) groups is 1. The minimum atomic E-state index is -3.84. The first-order valence-corrected chi connectivity index (χ1v) is 14.5. The van der Waals surface area contributed by atoms with Gasteiger partial charge < -0.3 is 10.1 Å². The number of carbonyl (C=O) groups excluding carboxylic acids is 1. The highest BCUT2D eigenvalue weighted by atomic mass is 79.9. The van der Waals surface area contributed by atoms with E-state index in [-0.39, 0.29) is 10.6 Å². The molecule has 3 rings (SSSR count). The molecule has 0 spiro atoms. The zero-order valence-electron chi connectivity index (χ0n) is 18.9. The first-order valence-electron chi connectivity index (χ1n) is 10.4. The van der Waals surface area contributed by atoms with Gasteiger partial charge in [-0.2, -0.15) is 0 Å². The lowest BCUT2D eigenvalue weighted by Gasteiger charge is -2.24. The number of hydrogen-bond donors (Lipinski definition) is 2. The number of nitrogens with zero attached hydrogens (tertiary/aromatic N) is 1. The minimum Gasteiger partial charge on any atom is -0.492 e. The van der Waals surface area contributed by atoms with E-state index in [9.17, 15) is 21.6 Å². The number of nitrogens with one attached hydrogen (secondary N) is 2. The summed E-state index contributed by atoms with van der Waals surface area (Å²) >= 11 is 3.29. The number of rotatable bonds is 10. The largest absolute Gasteiger partial charge is 0.492 e. The third-order valence-electron chi connectivity index (χ3n) is 4.67. The first-order chi connectivity index (χ1) is 16.5. The van der Waals surface area contributed by atoms with Gasteiger partial charge in [0.2, 0.25) is 15.9 Å². The number of para-hydroxylation sites is 2. The zero-order valence-corrected chi connectivity index (χ0v) is 22.2. The third kappa shape index (κ3) is 7.20. The van der Waals surface area contributed by atoms with Gasteiger partial charge in [-0.3, -0.25) is 13.8 Å². The van der Waals surface area contributed by atoms with Gasteiger partial charge in [0.1, 0.15) is 12.3 Å². The molecule has 0 atom stereocenters. The molecule has 2 N–H and O–H groups in total. The van der Waals surface area contributed by atoms with Crippen molar-refractivity contribution in [3.05, 3.63) is 77.3 Å². The van der Waals surface area contributed by atoms with E-state index < -0.39 is 32.5 Å². The Labute approximate surface area is 213 Å². The van der Waals surface area contributed by atoms with Crippen molar-refractivity contribution in [1.29, 1.82) is 0 Å². The lowest BCUT2D eigenvalue weighted by atomic mass is 10.3. The van der Waals surface area contributed by atoms with Crippen molar-refractivity contribution in [2.75, 3.05) is 33.8 Å². The van der Waals surface area contributed by atoms with Gasteiger partial charge in [0, 0.05) is 15.8 Å². The third-order valence-corrected chi connectivity index (χ3v) is 7.72. The van der Waals surface area contributed by atoms with Crippen LogP contribution >= 0.6 is 15.9 Å². The highest BCUT2D eigenvalue weighted by Gasteiger charge is 2.24. The number of benzene rings is 3. The Morgan fingerprint density at radius 1 is 0.914 bits per heavy atom. The van der Waals surface area contributed by atoms with Crippen molar-refractivity contribution in [2.24, 2.45) is 0 Å². The average Bonchev–Trinajstić information content (AvgIpc) is 2.79. The van der Waals surface area contributed by atoms with Gasteiger partial charge >= 0.3 is 0 Å². The number of ether oxygens (including phenoxy) is 1. The fraction of sp³-hybridized carbons (Fsp3) is 0.174. The van der Waals surface area contributed by atoms with Gasteiger partial charge in [0.25, 0.3) is 10.0 Å². The average molecular weight is 582 g/mol. The molecule has 0 aliphatic rings. The Bertz CT molecular complexity index is 1390. The minimum absolute atomic E-state index is 0.00169. The van der Waals surface area contributed by atoms with E-state index >= 15 is 0 Å². The van der Waals surface area contributed by atoms with Crippen molar-refractivity contribution in [3.63, 3.8) is 0 Å². The van der Waals surface area contributed by atoms with Crippen LogP contribution in [-0.2, 0) is 24.8 Å². The van der Waals surface area contributed by atoms with Crippen LogP contribution in [0.5, 0.6) is 5.75 Å². The van der Waals surface area contributed by atoms with Crippen molar-refractivity contribution in [1.82, 2.24) is 0 Å². The van der Waals surface area contributed by atoms with Crippen LogP contribution in [0.4, 0.5) is 17.1 Å². The quantitative estimate of drug-likeness (QED) is 0.372. The Hall–Kier alpha value is -3.09. The predicted octanol–water partition coefficient (Wildman–Crippen LogP) is 4.05. The molecule has 35 heavy (non-hydrogen) atoms. The van der Waals surface area contributed by atoms with E-state index in [4.69, 9.17) is 4.74 Å². The van der Waals surface area contributed by atoms with Crippen molar-refractivity contribution < 1.29 is 26.4 Å². The van der Waals surface area contributed by atoms with E-state index in [0.29, 0.717) is 23.7 Å². The van der Waals surface area contributed by atoms with Gasteiger partial charge in [-0.1, -0.05) is 28.1 Å². The maximum Gasteiger partial charge on any atom is 0.261 e. The van der Waals surface area contributed by atoms with E-state index in [1.54, 1.807) is 55.5 Å².